The summed E-state index contributed by atoms with van der Waals surface area (Å²) in [6.07, 6.45) is 3.78. The van der Waals surface area contributed by atoms with Crippen LogP contribution in [-0.2, 0) is 9.53 Å². The monoisotopic (exact) mass is 230 g/mol. The van der Waals surface area contributed by atoms with Crippen LogP contribution in [0.4, 0.5) is 0 Å². The highest BCUT2D eigenvalue weighted by atomic mass is 16.5. The lowest BCUT2D eigenvalue weighted by Crippen LogP contribution is -2.34. The molecule has 0 bridgehead atoms. The lowest BCUT2D eigenvalue weighted by molar-refractivity contribution is -0.128. The van der Waals surface area contributed by atoms with Gasteiger partial charge in [-0.15, -0.1) is 0 Å². The van der Waals surface area contributed by atoms with Crippen LogP contribution >= 0.6 is 0 Å². The summed E-state index contributed by atoms with van der Waals surface area (Å²) < 4.78 is 5.14. The Morgan fingerprint density at radius 2 is 2.12 bits per heavy atom. The van der Waals surface area contributed by atoms with Crippen LogP contribution < -0.4 is 5.32 Å². The summed E-state index contributed by atoms with van der Waals surface area (Å²) in [5, 5.41) is 3.42. The van der Waals surface area contributed by atoms with Gasteiger partial charge in [-0.3, -0.25) is 4.79 Å². The van der Waals surface area contributed by atoms with Crippen molar-refractivity contribution < 1.29 is 9.53 Å². The first kappa shape index (κ1) is 15.4. The summed E-state index contributed by atoms with van der Waals surface area (Å²) in [7, 11) is 5.31. The average molecular weight is 230 g/mol. The molecule has 0 aromatic heterocycles. The number of amides is 1. The Kier molecular flexibility index (Phi) is 9.24. The van der Waals surface area contributed by atoms with Crippen LogP contribution in [0.15, 0.2) is 0 Å². The molecular formula is C12H26N2O2. The Balaban J connectivity index is 3.57. The van der Waals surface area contributed by atoms with Gasteiger partial charge < -0.3 is 15.0 Å². The third-order valence-corrected chi connectivity index (χ3v) is 2.50. The number of hydrogen-bond donors (Lipinski definition) is 1. The van der Waals surface area contributed by atoms with Gasteiger partial charge in [0, 0.05) is 33.7 Å². The van der Waals surface area contributed by atoms with Crippen molar-refractivity contribution in [2.45, 2.75) is 38.6 Å². The van der Waals surface area contributed by atoms with Crippen molar-refractivity contribution in [1.82, 2.24) is 10.2 Å². The van der Waals surface area contributed by atoms with Crippen LogP contribution in [0.1, 0.15) is 32.6 Å². The molecule has 16 heavy (non-hydrogen) atoms. The minimum Gasteiger partial charge on any atom is -0.383 e. The third kappa shape index (κ3) is 7.65. The first-order valence-electron chi connectivity index (χ1n) is 6.04. The van der Waals surface area contributed by atoms with Crippen molar-refractivity contribution in [3.63, 3.8) is 0 Å². The maximum atomic E-state index is 11.3. The minimum atomic E-state index is 0.195. The van der Waals surface area contributed by atoms with E-state index in [1.807, 2.05) is 0 Å². The van der Waals surface area contributed by atoms with Gasteiger partial charge in [-0.05, 0) is 19.4 Å². The largest absolute Gasteiger partial charge is 0.383 e. The SMILES string of the molecule is CCCC(COC)NCCCC(=O)N(C)C. The Morgan fingerprint density at radius 1 is 1.44 bits per heavy atom. The maximum absolute atomic E-state index is 11.3. The molecule has 0 aromatic rings. The summed E-state index contributed by atoms with van der Waals surface area (Å²) in [6.45, 7) is 3.79. The first-order valence-corrected chi connectivity index (χ1v) is 6.04. The fourth-order valence-electron chi connectivity index (χ4n) is 1.56. The molecular weight excluding hydrogens is 204 g/mol. The second kappa shape index (κ2) is 9.60. The topological polar surface area (TPSA) is 41.6 Å². The zero-order chi connectivity index (χ0) is 12.4. The lowest BCUT2D eigenvalue weighted by Gasteiger charge is -2.17. The highest BCUT2D eigenvalue weighted by molar-refractivity contribution is 5.75. The first-order chi connectivity index (χ1) is 7.61. The van der Waals surface area contributed by atoms with Crippen LogP contribution in [0, 0.1) is 0 Å². The maximum Gasteiger partial charge on any atom is 0.222 e. The molecule has 0 aliphatic carbocycles. The second-order valence-electron chi connectivity index (χ2n) is 4.29. The van der Waals surface area contributed by atoms with E-state index in [0.717, 1.165) is 32.4 Å². The molecule has 4 heteroatoms. The van der Waals surface area contributed by atoms with Crippen molar-refractivity contribution in [3.05, 3.63) is 0 Å². The molecule has 1 N–H and O–H groups in total. The Bertz CT molecular complexity index is 178. The molecule has 1 amide bonds. The van der Waals surface area contributed by atoms with Gasteiger partial charge in [0.05, 0.1) is 6.61 Å². The molecule has 0 radical (unpaired) electrons. The lowest BCUT2D eigenvalue weighted by atomic mass is 10.1. The molecule has 0 saturated heterocycles. The van der Waals surface area contributed by atoms with Crippen molar-refractivity contribution >= 4 is 5.91 Å². The van der Waals surface area contributed by atoms with Crippen molar-refractivity contribution in [1.29, 1.82) is 0 Å². The zero-order valence-electron chi connectivity index (χ0n) is 11.1. The number of nitrogens with one attached hydrogen (secondary N) is 1. The number of methoxy groups -OCH3 is 1. The van der Waals surface area contributed by atoms with Gasteiger partial charge in [-0.1, -0.05) is 13.3 Å². The molecule has 0 saturated carbocycles. The van der Waals surface area contributed by atoms with E-state index in [4.69, 9.17) is 4.74 Å². The van der Waals surface area contributed by atoms with Crippen LogP contribution in [0.5, 0.6) is 0 Å². The third-order valence-electron chi connectivity index (χ3n) is 2.50. The van der Waals surface area contributed by atoms with Crippen molar-refractivity contribution in [2.75, 3.05) is 34.4 Å². The second-order valence-corrected chi connectivity index (χ2v) is 4.29. The Morgan fingerprint density at radius 3 is 2.62 bits per heavy atom. The molecule has 0 aliphatic rings. The molecule has 1 atom stereocenters. The zero-order valence-corrected chi connectivity index (χ0v) is 11.1. The van der Waals surface area contributed by atoms with E-state index in [-0.39, 0.29) is 5.91 Å². The van der Waals surface area contributed by atoms with E-state index < -0.39 is 0 Å². The minimum absolute atomic E-state index is 0.195. The van der Waals surface area contributed by atoms with E-state index >= 15 is 0 Å². The van der Waals surface area contributed by atoms with Gasteiger partial charge in [0.15, 0.2) is 0 Å². The highest BCUT2D eigenvalue weighted by Gasteiger charge is 2.07. The van der Waals surface area contributed by atoms with Crippen LogP contribution in [0.25, 0.3) is 0 Å². The van der Waals surface area contributed by atoms with E-state index in [1.165, 1.54) is 0 Å². The predicted molar refractivity (Wildman–Crippen MR) is 66.5 cm³/mol. The molecule has 0 rings (SSSR count). The van der Waals surface area contributed by atoms with Crippen molar-refractivity contribution in [2.24, 2.45) is 0 Å². The number of ether oxygens (including phenoxy) is 1. The standard InChI is InChI=1S/C12H26N2O2/c1-5-7-11(10-16-4)13-9-6-8-12(15)14(2)3/h11,13H,5-10H2,1-4H3. The van der Waals surface area contributed by atoms with E-state index in [9.17, 15) is 4.79 Å². The fourth-order valence-corrected chi connectivity index (χ4v) is 1.56. The van der Waals surface area contributed by atoms with E-state index in [0.29, 0.717) is 12.5 Å². The number of nitrogens with zero attached hydrogens (tertiary/aromatic N) is 1. The number of rotatable bonds is 9. The van der Waals surface area contributed by atoms with Gasteiger partial charge in [0.25, 0.3) is 0 Å². The quantitative estimate of drug-likeness (QED) is 0.606. The summed E-state index contributed by atoms with van der Waals surface area (Å²) in [5.74, 6) is 0.195. The highest BCUT2D eigenvalue weighted by Crippen LogP contribution is 1.98. The van der Waals surface area contributed by atoms with Gasteiger partial charge in [-0.25, -0.2) is 0 Å². The smallest absolute Gasteiger partial charge is 0.222 e. The summed E-state index contributed by atoms with van der Waals surface area (Å²) in [4.78, 5) is 12.9. The Labute approximate surface area is 99.3 Å². The normalized spacial score (nSPS) is 12.5. The molecule has 0 heterocycles. The van der Waals surface area contributed by atoms with Crippen molar-refractivity contribution in [3.8, 4) is 0 Å². The number of carbonyl (C=O) groups is 1. The predicted octanol–water partition coefficient (Wildman–Crippen LogP) is 1.26. The van der Waals surface area contributed by atoms with E-state index in [2.05, 4.69) is 12.2 Å². The number of hydrogen-bond acceptors (Lipinski definition) is 3. The molecule has 4 nitrogen and oxygen atoms in total. The average Bonchev–Trinajstić information content (AvgIpc) is 2.24. The Hall–Kier alpha value is -0.610. The van der Waals surface area contributed by atoms with Gasteiger partial charge in [0.1, 0.15) is 0 Å². The number of carbonyl (C=O) groups excluding carboxylic acids is 1. The van der Waals surface area contributed by atoms with Crippen LogP contribution in [-0.4, -0.2) is 51.2 Å². The molecule has 1 unspecified atom stereocenters. The summed E-state index contributed by atoms with van der Waals surface area (Å²) >= 11 is 0. The molecule has 0 aromatic carbocycles. The van der Waals surface area contributed by atoms with Crippen LogP contribution in [0.2, 0.25) is 0 Å². The van der Waals surface area contributed by atoms with Gasteiger partial charge in [0.2, 0.25) is 5.91 Å². The summed E-state index contributed by atoms with van der Waals surface area (Å²) in [5.41, 5.74) is 0. The molecule has 0 spiro atoms. The van der Waals surface area contributed by atoms with Gasteiger partial charge in [-0.2, -0.15) is 0 Å². The van der Waals surface area contributed by atoms with E-state index in [1.54, 1.807) is 26.1 Å². The summed E-state index contributed by atoms with van der Waals surface area (Å²) in [6, 6.07) is 0.421. The molecule has 96 valence electrons. The molecule has 0 fully saturated rings. The van der Waals surface area contributed by atoms with Gasteiger partial charge >= 0.3 is 0 Å². The van der Waals surface area contributed by atoms with Crippen LogP contribution in [0.3, 0.4) is 0 Å². The molecule has 0 aliphatic heterocycles. The fraction of sp³-hybridized carbons (Fsp3) is 0.917.